The van der Waals surface area contributed by atoms with E-state index in [0.29, 0.717) is 34.4 Å². The molecule has 0 atom stereocenters. The fourth-order valence-electron chi connectivity index (χ4n) is 3.72. The van der Waals surface area contributed by atoms with Crippen LogP contribution in [0.2, 0.25) is 0 Å². The highest BCUT2D eigenvalue weighted by molar-refractivity contribution is 6.12. The molecule has 0 aliphatic rings. The van der Waals surface area contributed by atoms with Crippen molar-refractivity contribution >= 4 is 22.6 Å². The summed E-state index contributed by atoms with van der Waals surface area (Å²) in [6.07, 6.45) is 0. The number of anilines is 1. The summed E-state index contributed by atoms with van der Waals surface area (Å²) in [6.45, 7) is 0.449. The molecule has 0 aliphatic carbocycles. The normalized spacial score (nSPS) is 11.0. The Labute approximate surface area is 179 Å². The number of furan rings is 1. The average molecular weight is 418 g/mol. The standard InChI is InChI=1S/C25H23FN2O3/c1-27-25(30)23-20-14-19(16-6-4-3-5-7-16)21(28(2)12-13-29)15-22(20)31-24(23)17-8-10-18(26)11-9-17/h3-11,14-15,29H,12-13H2,1-2H3,(H,27,30). The van der Waals surface area contributed by atoms with Crippen LogP contribution in [0, 0.1) is 5.82 Å². The van der Waals surface area contributed by atoms with Crippen LogP contribution in [-0.2, 0) is 0 Å². The first kappa shape index (κ1) is 20.6. The van der Waals surface area contributed by atoms with Gasteiger partial charge in [-0.2, -0.15) is 0 Å². The number of hydrogen-bond acceptors (Lipinski definition) is 4. The Bertz CT molecular complexity index is 1220. The Hall–Kier alpha value is -3.64. The maximum Gasteiger partial charge on any atom is 0.255 e. The van der Waals surface area contributed by atoms with Gasteiger partial charge in [-0.05, 0) is 35.9 Å². The number of nitrogens with one attached hydrogen (secondary N) is 1. The van der Waals surface area contributed by atoms with Crippen molar-refractivity contribution in [2.75, 3.05) is 32.1 Å². The van der Waals surface area contributed by atoms with Gasteiger partial charge in [-0.3, -0.25) is 4.79 Å². The van der Waals surface area contributed by atoms with Crippen LogP contribution in [0.25, 0.3) is 33.4 Å². The number of rotatable bonds is 6. The number of likely N-dealkylation sites (N-methyl/N-ethyl adjacent to an activating group) is 1. The lowest BCUT2D eigenvalue weighted by molar-refractivity contribution is 0.0964. The second kappa shape index (κ2) is 8.62. The molecule has 158 valence electrons. The van der Waals surface area contributed by atoms with Crippen LogP contribution in [0.4, 0.5) is 10.1 Å². The topological polar surface area (TPSA) is 65.7 Å². The number of carbonyl (C=O) groups excluding carboxylic acids is 1. The Morgan fingerprint density at radius 1 is 1.06 bits per heavy atom. The summed E-state index contributed by atoms with van der Waals surface area (Å²) in [5, 5.41) is 12.8. The average Bonchev–Trinajstić information content (AvgIpc) is 3.17. The third-order valence-corrected chi connectivity index (χ3v) is 5.30. The number of fused-ring (bicyclic) bond motifs is 1. The number of halogens is 1. The SMILES string of the molecule is CNC(=O)c1c(-c2ccc(F)cc2)oc2cc(N(C)CCO)c(-c3ccccc3)cc12. The van der Waals surface area contributed by atoms with Crippen molar-refractivity contribution < 1.29 is 18.7 Å². The minimum absolute atomic E-state index is 0.00520. The van der Waals surface area contributed by atoms with E-state index < -0.39 is 0 Å². The van der Waals surface area contributed by atoms with Gasteiger partial charge < -0.3 is 19.7 Å². The second-order valence-electron chi connectivity index (χ2n) is 7.27. The van der Waals surface area contributed by atoms with E-state index in [0.717, 1.165) is 16.8 Å². The van der Waals surface area contributed by atoms with E-state index in [9.17, 15) is 14.3 Å². The van der Waals surface area contributed by atoms with Crippen molar-refractivity contribution in [3.05, 3.63) is 78.1 Å². The summed E-state index contributed by atoms with van der Waals surface area (Å²) >= 11 is 0. The Balaban J connectivity index is 2.02. The van der Waals surface area contributed by atoms with Crippen LogP contribution in [0.3, 0.4) is 0 Å². The molecule has 0 saturated heterocycles. The highest BCUT2D eigenvalue weighted by Gasteiger charge is 2.24. The second-order valence-corrected chi connectivity index (χ2v) is 7.27. The van der Waals surface area contributed by atoms with Gasteiger partial charge >= 0.3 is 0 Å². The van der Waals surface area contributed by atoms with E-state index in [4.69, 9.17) is 4.42 Å². The molecular formula is C25H23FN2O3. The van der Waals surface area contributed by atoms with Crippen molar-refractivity contribution in [3.63, 3.8) is 0 Å². The molecule has 0 saturated carbocycles. The summed E-state index contributed by atoms with van der Waals surface area (Å²) in [5.74, 6) is -0.260. The van der Waals surface area contributed by atoms with E-state index in [1.165, 1.54) is 12.1 Å². The first-order valence-electron chi connectivity index (χ1n) is 9.99. The molecule has 0 bridgehead atoms. The zero-order chi connectivity index (χ0) is 22.0. The van der Waals surface area contributed by atoms with Gasteiger partial charge in [-0.1, -0.05) is 30.3 Å². The number of aliphatic hydroxyl groups excluding tert-OH is 1. The van der Waals surface area contributed by atoms with E-state index in [2.05, 4.69) is 5.32 Å². The van der Waals surface area contributed by atoms with E-state index in [1.54, 1.807) is 19.2 Å². The number of hydrogen-bond donors (Lipinski definition) is 2. The van der Waals surface area contributed by atoms with Crippen LogP contribution < -0.4 is 10.2 Å². The molecule has 0 radical (unpaired) electrons. The van der Waals surface area contributed by atoms with Crippen molar-refractivity contribution in [2.45, 2.75) is 0 Å². The molecule has 6 heteroatoms. The molecular weight excluding hydrogens is 395 g/mol. The summed E-state index contributed by atoms with van der Waals surface area (Å²) in [4.78, 5) is 14.8. The van der Waals surface area contributed by atoms with Gasteiger partial charge in [0.1, 0.15) is 17.2 Å². The number of benzene rings is 3. The monoisotopic (exact) mass is 418 g/mol. The Morgan fingerprint density at radius 3 is 2.42 bits per heavy atom. The molecule has 3 aromatic carbocycles. The van der Waals surface area contributed by atoms with Crippen LogP contribution in [0.5, 0.6) is 0 Å². The third kappa shape index (κ3) is 3.90. The van der Waals surface area contributed by atoms with Crippen molar-refractivity contribution in [3.8, 4) is 22.5 Å². The largest absolute Gasteiger partial charge is 0.455 e. The first-order valence-corrected chi connectivity index (χ1v) is 9.99. The third-order valence-electron chi connectivity index (χ3n) is 5.30. The highest BCUT2D eigenvalue weighted by atomic mass is 19.1. The zero-order valence-electron chi connectivity index (χ0n) is 17.4. The van der Waals surface area contributed by atoms with Gasteiger partial charge in [0.05, 0.1) is 12.2 Å². The predicted octanol–water partition coefficient (Wildman–Crippen LogP) is 4.69. The summed E-state index contributed by atoms with van der Waals surface area (Å²) < 4.78 is 19.6. The first-order chi connectivity index (χ1) is 15.0. The summed E-state index contributed by atoms with van der Waals surface area (Å²) in [7, 11) is 3.46. The minimum atomic E-state index is -0.361. The molecule has 31 heavy (non-hydrogen) atoms. The molecule has 0 aliphatic heterocycles. The minimum Gasteiger partial charge on any atom is -0.455 e. The molecule has 4 aromatic rings. The maximum absolute atomic E-state index is 13.5. The molecule has 1 amide bonds. The smallest absolute Gasteiger partial charge is 0.255 e. The lowest BCUT2D eigenvalue weighted by Crippen LogP contribution is -2.22. The number of amides is 1. The van der Waals surface area contributed by atoms with Gasteiger partial charge in [-0.25, -0.2) is 4.39 Å². The van der Waals surface area contributed by atoms with Crippen molar-refractivity contribution in [1.82, 2.24) is 5.32 Å². The lowest BCUT2D eigenvalue weighted by atomic mass is 9.98. The molecule has 0 spiro atoms. The van der Waals surface area contributed by atoms with Crippen LogP contribution in [0.15, 0.2) is 71.1 Å². The Morgan fingerprint density at radius 2 is 1.77 bits per heavy atom. The zero-order valence-corrected chi connectivity index (χ0v) is 17.4. The molecule has 5 nitrogen and oxygen atoms in total. The molecule has 2 N–H and O–H groups in total. The number of nitrogens with zero attached hydrogens (tertiary/aromatic N) is 1. The van der Waals surface area contributed by atoms with Crippen molar-refractivity contribution in [1.29, 1.82) is 0 Å². The molecule has 4 rings (SSSR count). The number of aliphatic hydroxyl groups is 1. The Kier molecular flexibility index (Phi) is 5.73. The predicted molar refractivity (Wildman–Crippen MR) is 121 cm³/mol. The summed E-state index contributed by atoms with van der Waals surface area (Å²) in [5.41, 5.74) is 4.32. The van der Waals surface area contributed by atoms with Gasteiger partial charge in [0.2, 0.25) is 0 Å². The van der Waals surface area contributed by atoms with Gasteiger partial charge in [0.25, 0.3) is 5.91 Å². The lowest BCUT2D eigenvalue weighted by Gasteiger charge is -2.22. The van der Waals surface area contributed by atoms with E-state index >= 15 is 0 Å². The molecule has 1 heterocycles. The van der Waals surface area contributed by atoms with Gasteiger partial charge in [0, 0.05) is 48.9 Å². The number of carbonyl (C=O) groups is 1. The summed E-state index contributed by atoms with van der Waals surface area (Å²) in [6, 6.07) is 19.5. The van der Waals surface area contributed by atoms with E-state index in [-0.39, 0.29) is 18.3 Å². The van der Waals surface area contributed by atoms with Crippen LogP contribution in [-0.4, -0.2) is 38.3 Å². The maximum atomic E-state index is 13.5. The quantitative estimate of drug-likeness (QED) is 0.477. The van der Waals surface area contributed by atoms with E-state index in [1.807, 2.05) is 54.4 Å². The fourth-order valence-corrected chi connectivity index (χ4v) is 3.72. The van der Waals surface area contributed by atoms with Crippen LogP contribution >= 0.6 is 0 Å². The molecule has 0 fully saturated rings. The molecule has 0 unspecified atom stereocenters. The van der Waals surface area contributed by atoms with Crippen molar-refractivity contribution in [2.24, 2.45) is 0 Å². The van der Waals surface area contributed by atoms with Gasteiger partial charge in [-0.15, -0.1) is 0 Å². The van der Waals surface area contributed by atoms with Crippen LogP contribution in [0.1, 0.15) is 10.4 Å². The molecule has 1 aromatic heterocycles. The highest BCUT2D eigenvalue weighted by Crippen LogP contribution is 2.40. The fraction of sp³-hybridized carbons (Fsp3) is 0.160. The van der Waals surface area contributed by atoms with Gasteiger partial charge in [0.15, 0.2) is 0 Å².